The van der Waals surface area contributed by atoms with Gasteiger partial charge in [0.1, 0.15) is 22.6 Å². The second kappa shape index (κ2) is 8.00. The Morgan fingerprint density at radius 1 is 1.09 bits per heavy atom. The van der Waals surface area contributed by atoms with E-state index in [1.165, 1.54) is 29.3 Å². The number of esters is 1. The number of hydrogen-bond donors (Lipinski definition) is 0. The number of ether oxygens (including phenoxy) is 2. The molecule has 0 unspecified atom stereocenters. The summed E-state index contributed by atoms with van der Waals surface area (Å²) < 4.78 is 46.4. The summed E-state index contributed by atoms with van der Waals surface area (Å²) in [5.74, 6) is -1.51. The zero-order valence-electron chi connectivity index (χ0n) is 18.7. The average molecular weight is 477 g/mol. The number of alkyl halides is 3. The van der Waals surface area contributed by atoms with Gasteiger partial charge in [0.2, 0.25) is 0 Å². The van der Waals surface area contributed by atoms with E-state index in [0.717, 1.165) is 17.0 Å². The fourth-order valence-electron chi connectivity index (χ4n) is 3.76. The first-order valence-electron chi connectivity index (χ1n) is 10.5. The summed E-state index contributed by atoms with van der Waals surface area (Å²) in [7, 11) is 0. The van der Waals surface area contributed by atoms with E-state index < -0.39 is 41.2 Å². The maximum Gasteiger partial charge on any atom is 0.573 e. The first kappa shape index (κ1) is 23.5. The second-order valence-corrected chi connectivity index (χ2v) is 9.13. The highest BCUT2D eigenvalue weighted by atomic mass is 19.4. The zero-order chi connectivity index (χ0) is 24.9. The summed E-state index contributed by atoms with van der Waals surface area (Å²) in [6.45, 7) is 5.25. The maximum atomic E-state index is 13.2. The number of imide groups is 1. The predicted molar refractivity (Wildman–Crippen MR) is 113 cm³/mol. The summed E-state index contributed by atoms with van der Waals surface area (Å²) in [4.78, 5) is 45.1. The number of halogens is 3. The van der Waals surface area contributed by atoms with Gasteiger partial charge in [-0.25, -0.2) is 19.5 Å². The van der Waals surface area contributed by atoms with Crippen LogP contribution in [-0.2, 0) is 16.1 Å². The van der Waals surface area contributed by atoms with Crippen molar-refractivity contribution in [2.24, 2.45) is 0 Å². The van der Waals surface area contributed by atoms with E-state index >= 15 is 0 Å². The molecule has 4 rings (SSSR count). The number of carbonyl (C=O) groups is 3. The van der Waals surface area contributed by atoms with E-state index in [1.807, 2.05) is 0 Å². The molecule has 2 aliphatic rings. The summed E-state index contributed by atoms with van der Waals surface area (Å²) in [5, 5.41) is 0. The van der Waals surface area contributed by atoms with Crippen LogP contribution in [0.5, 0.6) is 5.75 Å². The number of pyridine rings is 1. The molecule has 0 bridgehead atoms. The fourth-order valence-corrected chi connectivity index (χ4v) is 3.76. The van der Waals surface area contributed by atoms with Gasteiger partial charge in [-0.15, -0.1) is 13.2 Å². The molecule has 2 heterocycles. The Labute approximate surface area is 193 Å². The molecule has 1 aromatic heterocycles. The third kappa shape index (κ3) is 4.68. The molecule has 1 spiro atoms. The van der Waals surface area contributed by atoms with E-state index in [1.54, 1.807) is 26.8 Å². The minimum Gasteiger partial charge on any atom is -0.455 e. The Morgan fingerprint density at radius 3 is 2.29 bits per heavy atom. The lowest BCUT2D eigenvalue weighted by molar-refractivity contribution is -0.274. The molecular formula is C23H22F3N3O5. The third-order valence-electron chi connectivity index (χ3n) is 5.37. The van der Waals surface area contributed by atoms with E-state index in [0.29, 0.717) is 18.4 Å². The van der Waals surface area contributed by atoms with Crippen LogP contribution in [0, 0.1) is 0 Å². The zero-order valence-corrected chi connectivity index (χ0v) is 18.7. The number of carbonyl (C=O) groups excluding carboxylic acids is 3. The molecule has 11 heteroatoms. The van der Waals surface area contributed by atoms with Crippen molar-refractivity contribution in [3.8, 4) is 5.75 Å². The molecule has 1 aliphatic carbocycles. The summed E-state index contributed by atoms with van der Waals surface area (Å²) >= 11 is 0. The largest absolute Gasteiger partial charge is 0.573 e. The topological polar surface area (TPSA) is 89.0 Å². The molecule has 2 aromatic rings. The highest BCUT2D eigenvalue weighted by Crippen LogP contribution is 2.49. The predicted octanol–water partition coefficient (Wildman–Crippen LogP) is 4.44. The molecular weight excluding hydrogens is 455 g/mol. The third-order valence-corrected chi connectivity index (χ3v) is 5.37. The van der Waals surface area contributed by atoms with Crippen molar-refractivity contribution < 1.29 is 37.0 Å². The maximum absolute atomic E-state index is 13.2. The standard InChI is InChI=1S/C23H22F3N3O5/c1-21(2,3)34-18(30)17-12-14(8-11-27-17)13-28-20(32)29(19(31)22(28)9-10-22)15-4-6-16(7-5-15)33-23(24,25)26/h4-8,11-12H,9-10,13H2,1-3H3. The molecule has 2 fully saturated rings. The van der Waals surface area contributed by atoms with Gasteiger partial charge >= 0.3 is 18.4 Å². The smallest absolute Gasteiger partial charge is 0.455 e. The Morgan fingerprint density at radius 2 is 1.74 bits per heavy atom. The van der Waals surface area contributed by atoms with Crippen molar-refractivity contribution in [1.82, 2.24) is 9.88 Å². The Balaban J connectivity index is 1.55. The van der Waals surface area contributed by atoms with Gasteiger partial charge in [-0.2, -0.15) is 0 Å². The Hall–Kier alpha value is -3.63. The van der Waals surface area contributed by atoms with Crippen LogP contribution in [0.2, 0.25) is 0 Å². The number of hydrogen-bond acceptors (Lipinski definition) is 6. The van der Waals surface area contributed by atoms with Gasteiger partial charge in [-0.3, -0.25) is 4.79 Å². The highest BCUT2D eigenvalue weighted by Gasteiger charge is 2.65. The molecule has 3 amide bonds. The van der Waals surface area contributed by atoms with Gasteiger partial charge in [0.05, 0.1) is 5.69 Å². The minimum absolute atomic E-state index is 0.0503. The molecule has 8 nitrogen and oxygen atoms in total. The lowest BCUT2D eigenvalue weighted by Crippen LogP contribution is -2.36. The van der Waals surface area contributed by atoms with Gasteiger partial charge in [0, 0.05) is 12.7 Å². The van der Waals surface area contributed by atoms with Crippen LogP contribution in [0.15, 0.2) is 42.6 Å². The fraction of sp³-hybridized carbons (Fsp3) is 0.391. The number of amides is 3. The van der Waals surface area contributed by atoms with Crippen molar-refractivity contribution >= 4 is 23.6 Å². The van der Waals surface area contributed by atoms with Crippen LogP contribution in [0.3, 0.4) is 0 Å². The molecule has 0 atom stereocenters. The van der Waals surface area contributed by atoms with E-state index in [9.17, 15) is 27.6 Å². The van der Waals surface area contributed by atoms with Crippen molar-refractivity contribution in [2.45, 2.75) is 57.7 Å². The highest BCUT2D eigenvalue weighted by molar-refractivity contribution is 6.24. The monoisotopic (exact) mass is 477 g/mol. The summed E-state index contributed by atoms with van der Waals surface area (Å²) in [5.41, 5.74) is -0.909. The number of urea groups is 1. The number of anilines is 1. The van der Waals surface area contributed by atoms with Crippen molar-refractivity contribution in [3.63, 3.8) is 0 Å². The number of aromatic nitrogens is 1. The number of rotatable bonds is 5. The lowest BCUT2D eigenvalue weighted by atomic mass is 10.1. The van der Waals surface area contributed by atoms with Gasteiger partial charge in [0.15, 0.2) is 0 Å². The quantitative estimate of drug-likeness (QED) is 0.468. The van der Waals surface area contributed by atoms with Crippen LogP contribution in [0.1, 0.15) is 49.7 Å². The SMILES string of the molecule is CC(C)(C)OC(=O)c1cc(CN2C(=O)N(c3ccc(OC(F)(F)F)cc3)C(=O)C23CC3)ccn1. The first-order chi connectivity index (χ1) is 15.8. The van der Waals surface area contributed by atoms with Crippen LogP contribution in [0.4, 0.5) is 23.7 Å². The molecule has 0 N–H and O–H groups in total. The molecule has 1 aliphatic heterocycles. The van der Waals surface area contributed by atoms with Gasteiger partial charge < -0.3 is 14.4 Å². The van der Waals surface area contributed by atoms with Gasteiger partial charge in [-0.05, 0) is 75.6 Å². The van der Waals surface area contributed by atoms with Crippen LogP contribution in [-0.4, -0.2) is 45.3 Å². The molecule has 1 aromatic carbocycles. The van der Waals surface area contributed by atoms with E-state index in [-0.39, 0.29) is 17.9 Å². The first-order valence-corrected chi connectivity index (χ1v) is 10.5. The van der Waals surface area contributed by atoms with Gasteiger partial charge in [-0.1, -0.05) is 0 Å². The molecule has 1 saturated heterocycles. The number of benzene rings is 1. The van der Waals surface area contributed by atoms with Crippen LogP contribution >= 0.6 is 0 Å². The summed E-state index contributed by atoms with van der Waals surface area (Å²) in [6.07, 6.45) is -2.49. The minimum atomic E-state index is -4.85. The Kier molecular flexibility index (Phi) is 5.53. The van der Waals surface area contributed by atoms with Crippen LogP contribution in [0.25, 0.3) is 0 Å². The van der Waals surface area contributed by atoms with Crippen molar-refractivity contribution in [2.75, 3.05) is 4.90 Å². The molecule has 180 valence electrons. The van der Waals surface area contributed by atoms with Crippen LogP contribution < -0.4 is 9.64 Å². The lowest BCUT2D eigenvalue weighted by Gasteiger charge is -2.22. The van der Waals surface area contributed by atoms with Crippen molar-refractivity contribution in [1.29, 1.82) is 0 Å². The number of nitrogens with zero attached hydrogens (tertiary/aromatic N) is 3. The van der Waals surface area contributed by atoms with E-state index in [2.05, 4.69) is 9.72 Å². The van der Waals surface area contributed by atoms with Gasteiger partial charge in [0.25, 0.3) is 5.91 Å². The molecule has 34 heavy (non-hydrogen) atoms. The summed E-state index contributed by atoms with van der Waals surface area (Å²) in [6, 6.07) is 7.08. The Bertz CT molecular complexity index is 1140. The molecule has 1 saturated carbocycles. The molecule has 0 radical (unpaired) electrons. The van der Waals surface area contributed by atoms with Crippen molar-refractivity contribution in [3.05, 3.63) is 53.9 Å². The average Bonchev–Trinajstić information content (AvgIpc) is 3.49. The second-order valence-electron chi connectivity index (χ2n) is 9.13. The normalized spacial score (nSPS) is 17.4. The van der Waals surface area contributed by atoms with E-state index in [4.69, 9.17) is 4.74 Å².